The molecule has 0 amide bonds. The standard InChI is InChI=1S/C13H16N2O3/c1-3-18-13(16)12-10-6-4-5-7-11(10)15(14-12)8-9-17-2/h4-7H,3,8-9H2,1-2H3. The molecule has 1 aromatic heterocycles. The van der Waals surface area contributed by atoms with Crippen LogP contribution in [0.3, 0.4) is 0 Å². The van der Waals surface area contributed by atoms with E-state index in [1.807, 2.05) is 24.3 Å². The van der Waals surface area contributed by atoms with E-state index in [9.17, 15) is 4.79 Å². The average molecular weight is 248 g/mol. The number of hydrogen-bond acceptors (Lipinski definition) is 4. The topological polar surface area (TPSA) is 53.3 Å². The number of carbonyl (C=O) groups excluding carboxylic acids is 1. The van der Waals surface area contributed by atoms with Crippen LogP contribution in [-0.2, 0) is 16.0 Å². The Hall–Kier alpha value is -1.88. The fourth-order valence-corrected chi connectivity index (χ4v) is 1.83. The van der Waals surface area contributed by atoms with Crippen molar-refractivity contribution in [1.82, 2.24) is 9.78 Å². The maximum absolute atomic E-state index is 11.8. The molecule has 2 aromatic rings. The number of ether oxygens (including phenoxy) is 2. The summed E-state index contributed by atoms with van der Waals surface area (Å²) in [6, 6.07) is 7.61. The first-order valence-electron chi connectivity index (χ1n) is 5.89. The van der Waals surface area contributed by atoms with Gasteiger partial charge in [-0.25, -0.2) is 4.79 Å². The second-order valence-electron chi connectivity index (χ2n) is 3.80. The van der Waals surface area contributed by atoms with E-state index in [-0.39, 0.29) is 5.97 Å². The lowest BCUT2D eigenvalue weighted by molar-refractivity contribution is 0.0520. The lowest BCUT2D eigenvalue weighted by Gasteiger charge is -2.01. The number of hydrogen-bond donors (Lipinski definition) is 0. The van der Waals surface area contributed by atoms with Crippen LogP contribution in [0.1, 0.15) is 17.4 Å². The fraction of sp³-hybridized carbons (Fsp3) is 0.385. The Kier molecular flexibility index (Phi) is 3.94. The quantitative estimate of drug-likeness (QED) is 0.758. The third-order valence-corrected chi connectivity index (χ3v) is 2.63. The lowest BCUT2D eigenvalue weighted by Crippen LogP contribution is -2.09. The van der Waals surface area contributed by atoms with Crippen molar-refractivity contribution in [3.8, 4) is 0 Å². The lowest BCUT2D eigenvalue weighted by atomic mass is 10.2. The summed E-state index contributed by atoms with van der Waals surface area (Å²) in [5, 5.41) is 5.12. The van der Waals surface area contributed by atoms with Crippen molar-refractivity contribution < 1.29 is 14.3 Å². The van der Waals surface area contributed by atoms with Crippen molar-refractivity contribution in [1.29, 1.82) is 0 Å². The summed E-state index contributed by atoms with van der Waals surface area (Å²) in [4.78, 5) is 11.8. The highest BCUT2D eigenvalue weighted by Crippen LogP contribution is 2.19. The van der Waals surface area contributed by atoms with Gasteiger partial charge in [0, 0.05) is 12.5 Å². The van der Waals surface area contributed by atoms with Crippen LogP contribution in [0.5, 0.6) is 0 Å². The maximum atomic E-state index is 11.8. The molecule has 5 nitrogen and oxygen atoms in total. The van der Waals surface area contributed by atoms with Crippen LogP contribution in [0.4, 0.5) is 0 Å². The molecule has 0 N–H and O–H groups in total. The summed E-state index contributed by atoms with van der Waals surface area (Å²) < 4.78 is 11.8. The first-order valence-corrected chi connectivity index (χ1v) is 5.89. The zero-order valence-electron chi connectivity index (χ0n) is 10.5. The van der Waals surface area contributed by atoms with Gasteiger partial charge >= 0.3 is 5.97 Å². The second kappa shape index (κ2) is 5.64. The molecule has 0 aliphatic rings. The van der Waals surface area contributed by atoms with Gasteiger partial charge in [0.25, 0.3) is 0 Å². The predicted molar refractivity (Wildman–Crippen MR) is 67.6 cm³/mol. The van der Waals surface area contributed by atoms with E-state index in [1.165, 1.54) is 0 Å². The monoisotopic (exact) mass is 248 g/mol. The third kappa shape index (κ3) is 2.36. The van der Waals surface area contributed by atoms with Gasteiger partial charge in [-0.1, -0.05) is 18.2 Å². The number of carbonyl (C=O) groups is 1. The van der Waals surface area contributed by atoms with Gasteiger partial charge in [-0.15, -0.1) is 0 Å². The molecule has 0 saturated carbocycles. The maximum Gasteiger partial charge on any atom is 0.359 e. The molecule has 5 heteroatoms. The predicted octanol–water partition coefficient (Wildman–Crippen LogP) is 1.86. The summed E-state index contributed by atoms with van der Waals surface area (Å²) in [5.74, 6) is -0.384. The summed E-state index contributed by atoms with van der Waals surface area (Å²) in [5.41, 5.74) is 1.28. The number of fused-ring (bicyclic) bond motifs is 1. The molecule has 1 aromatic carbocycles. The van der Waals surface area contributed by atoms with Crippen molar-refractivity contribution in [2.24, 2.45) is 0 Å². The Morgan fingerprint density at radius 3 is 2.89 bits per heavy atom. The van der Waals surface area contributed by atoms with Crippen LogP contribution in [0.15, 0.2) is 24.3 Å². The molecule has 2 rings (SSSR count). The minimum Gasteiger partial charge on any atom is -0.461 e. The SMILES string of the molecule is CCOC(=O)c1nn(CCOC)c2ccccc12. The summed E-state index contributed by atoms with van der Waals surface area (Å²) >= 11 is 0. The minimum absolute atomic E-state index is 0.345. The van der Waals surface area contributed by atoms with Gasteiger partial charge in [0.2, 0.25) is 0 Å². The molecule has 0 spiro atoms. The molecule has 0 aliphatic carbocycles. The van der Waals surface area contributed by atoms with Crippen LogP contribution in [-0.4, -0.2) is 36.1 Å². The fourth-order valence-electron chi connectivity index (χ4n) is 1.83. The van der Waals surface area contributed by atoms with Crippen molar-refractivity contribution in [3.05, 3.63) is 30.0 Å². The number of aromatic nitrogens is 2. The molecule has 1 heterocycles. The van der Waals surface area contributed by atoms with Crippen molar-refractivity contribution in [2.45, 2.75) is 13.5 Å². The van der Waals surface area contributed by atoms with Gasteiger partial charge in [0.1, 0.15) is 0 Å². The molecule has 0 aliphatic heterocycles. The number of methoxy groups -OCH3 is 1. The Balaban J connectivity index is 2.43. The van der Waals surface area contributed by atoms with Crippen molar-refractivity contribution in [3.63, 3.8) is 0 Å². The number of para-hydroxylation sites is 1. The highest BCUT2D eigenvalue weighted by Gasteiger charge is 2.17. The van der Waals surface area contributed by atoms with Crippen molar-refractivity contribution in [2.75, 3.05) is 20.3 Å². The Morgan fingerprint density at radius 1 is 1.39 bits per heavy atom. The molecular formula is C13H16N2O3. The van der Waals surface area contributed by atoms with Crippen molar-refractivity contribution >= 4 is 16.9 Å². The largest absolute Gasteiger partial charge is 0.461 e. The molecule has 0 saturated heterocycles. The minimum atomic E-state index is -0.384. The van der Waals surface area contributed by atoms with E-state index in [0.29, 0.717) is 25.5 Å². The highest BCUT2D eigenvalue weighted by molar-refractivity contribution is 6.02. The normalized spacial score (nSPS) is 10.8. The highest BCUT2D eigenvalue weighted by atomic mass is 16.5. The van der Waals surface area contributed by atoms with Gasteiger partial charge in [0.15, 0.2) is 5.69 Å². The van der Waals surface area contributed by atoms with Gasteiger partial charge in [0.05, 0.1) is 25.3 Å². The van der Waals surface area contributed by atoms with Gasteiger partial charge in [-0.2, -0.15) is 5.10 Å². The number of nitrogens with zero attached hydrogens (tertiary/aromatic N) is 2. The van der Waals surface area contributed by atoms with Crippen LogP contribution in [0.2, 0.25) is 0 Å². The van der Waals surface area contributed by atoms with E-state index in [0.717, 1.165) is 10.9 Å². The molecular weight excluding hydrogens is 232 g/mol. The molecule has 96 valence electrons. The molecule has 0 atom stereocenters. The first kappa shape index (κ1) is 12.6. The number of esters is 1. The Labute approximate surface area is 105 Å². The van der Waals surface area contributed by atoms with Crippen LogP contribution >= 0.6 is 0 Å². The summed E-state index contributed by atoms with van der Waals surface area (Å²) in [7, 11) is 1.64. The van der Waals surface area contributed by atoms with Gasteiger partial charge in [-0.05, 0) is 13.0 Å². The number of rotatable bonds is 5. The van der Waals surface area contributed by atoms with Crippen LogP contribution in [0, 0.1) is 0 Å². The van der Waals surface area contributed by atoms with E-state index < -0.39 is 0 Å². The molecule has 0 fully saturated rings. The van der Waals surface area contributed by atoms with Crippen LogP contribution < -0.4 is 0 Å². The summed E-state index contributed by atoms with van der Waals surface area (Å²) in [6.45, 7) is 3.28. The summed E-state index contributed by atoms with van der Waals surface area (Å²) in [6.07, 6.45) is 0. The first-order chi connectivity index (χ1) is 8.77. The Morgan fingerprint density at radius 2 is 2.17 bits per heavy atom. The molecule has 0 radical (unpaired) electrons. The smallest absolute Gasteiger partial charge is 0.359 e. The van der Waals surface area contributed by atoms with E-state index in [1.54, 1.807) is 18.7 Å². The number of benzene rings is 1. The second-order valence-corrected chi connectivity index (χ2v) is 3.80. The molecule has 0 unspecified atom stereocenters. The zero-order valence-corrected chi connectivity index (χ0v) is 10.5. The molecule has 0 bridgehead atoms. The Bertz CT molecular complexity index is 548. The van der Waals surface area contributed by atoms with Gasteiger partial charge in [-0.3, -0.25) is 4.68 Å². The zero-order chi connectivity index (χ0) is 13.0. The van der Waals surface area contributed by atoms with Crippen LogP contribution in [0.25, 0.3) is 10.9 Å². The average Bonchev–Trinajstić information content (AvgIpc) is 2.76. The molecule has 18 heavy (non-hydrogen) atoms. The third-order valence-electron chi connectivity index (χ3n) is 2.63. The van der Waals surface area contributed by atoms with E-state index >= 15 is 0 Å². The van der Waals surface area contributed by atoms with E-state index in [4.69, 9.17) is 9.47 Å². The van der Waals surface area contributed by atoms with E-state index in [2.05, 4.69) is 5.10 Å². The van der Waals surface area contributed by atoms with Gasteiger partial charge < -0.3 is 9.47 Å².